The fourth-order valence-corrected chi connectivity index (χ4v) is 2.25. The van der Waals surface area contributed by atoms with Crippen LogP contribution in [-0.4, -0.2) is 17.0 Å². The van der Waals surface area contributed by atoms with Crippen LogP contribution in [0.2, 0.25) is 10.0 Å². The number of hydrogen-bond acceptors (Lipinski definition) is 4. The summed E-state index contributed by atoms with van der Waals surface area (Å²) in [5, 5.41) is 1.30. The predicted octanol–water partition coefficient (Wildman–Crippen LogP) is 4.68. The van der Waals surface area contributed by atoms with E-state index in [1.54, 1.807) is 18.5 Å². The van der Waals surface area contributed by atoms with E-state index in [0.29, 0.717) is 28.2 Å². The lowest BCUT2D eigenvalue weighted by atomic mass is 10.2. The minimum atomic E-state index is 0.516. The summed E-state index contributed by atoms with van der Waals surface area (Å²) in [6.45, 7) is 0.516. The monoisotopic (exact) mass is 333 g/mol. The number of halogens is 2. The largest absolute Gasteiger partial charge is 0.439 e. The minimum absolute atomic E-state index is 0.516. The average Bonchev–Trinajstić information content (AvgIpc) is 2.97. The van der Waals surface area contributed by atoms with Crippen LogP contribution in [0.3, 0.4) is 0 Å². The molecule has 3 aromatic rings. The number of pyridine rings is 1. The van der Waals surface area contributed by atoms with E-state index < -0.39 is 0 Å². The highest BCUT2D eigenvalue weighted by Gasteiger charge is 2.10. The number of benzene rings is 1. The summed E-state index contributed by atoms with van der Waals surface area (Å²) in [4.78, 5) is 10.5. The Morgan fingerprint density at radius 2 is 1.68 bits per heavy atom. The highest BCUT2D eigenvalue weighted by atomic mass is 35.5. The molecule has 0 fully saturated rings. The zero-order valence-electron chi connectivity index (χ0n) is 11.8. The van der Waals surface area contributed by atoms with Crippen molar-refractivity contribution in [2.75, 3.05) is 11.9 Å². The minimum Gasteiger partial charge on any atom is -0.439 e. The van der Waals surface area contributed by atoms with Crippen molar-refractivity contribution in [3.63, 3.8) is 0 Å². The molecule has 0 N–H and O–H groups in total. The lowest BCUT2D eigenvalue weighted by Gasteiger charge is -2.15. The van der Waals surface area contributed by atoms with Gasteiger partial charge in [0.1, 0.15) is 5.82 Å². The van der Waals surface area contributed by atoms with Crippen molar-refractivity contribution in [3.8, 4) is 11.3 Å². The molecule has 4 nitrogen and oxygen atoms in total. The Kier molecular flexibility index (Phi) is 4.32. The van der Waals surface area contributed by atoms with Gasteiger partial charge < -0.3 is 9.32 Å². The maximum absolute atomic E-state index is 5.88. The summed E-state index contributed by atoms with van der Waals surface area (Å²) >= 11 is 11.7. The molecule has 0 unspecified atom stereocenters. The fourth-order valence-electron chi connectivity index (χ4n) is 2.01. The van der Waals surface area contributed by atoms with Crippen LogP contribution in [0.15, 0.2) is 53.2 Å². The Bertz CT molecular complexity index is 754. The Morgan fingerprint density at radius 1 is 0.955 bits per heavy atom. The van der Waals surface area contributed by atoms with E-state index in [2.05, 4.69) is 9.97 Å². The predicted molar refractivity (Wildman–Crippen MR) is 88.3 cm³/mol. The number of nitrogens with zero attached hydrogens (tertiary/aromatic N) is 3. The molecule has 2 heterocycles. The van der Waals surface area contributed by atoms with Gasteiger partial charge in [-0.2, -0.15) is 0 Å². The molecule has 0 aliphatic carbocycles. The van der Waals surface area contributed by atoms with Crippen molar-refractivity contribution >= 4 is 29.0 Å². The second-order valence-electron chi connectivity index (χ2n) is 4.82. The van der Waals surface area contributed by atoms with Crippen molar-refractivity contribution in [3.05, 3.63) is 64.7 Å². The van der Waals surface area contributed by atoms with Gasteiger partial charge in [0.2, 0.25) is 5.89 Å². The third-order valence-electron chi connectivity index (χ3n) is 3.16. The SMILES string of the molecule is CN(Cc1ncc(-c2ccc(Cl)cc2)o1)c1ccc(Cl)cn1. The van der Waals surface area contributed by atoms with E-state index in [4.69, 9.17) is 27.6 Å². The summed E-state index contributed by atoms with van der Waals surface area (Å²) in [6.07, 6.45) is 3.32. The first-order chi connectivity index (χ1) is 10.6. The standard InChI is InChI=1S/C16H13Cl2N3O/c1-21(15-7-6-13(18)8-19-15)10-16-20-9-14(22-16)11-2-4-12(17)5-3-11/h2-9H,10H2,1H3. The maximum Gasteiger partial charge on any atom is 0.214 e. The molecule has 2 aromatic heterocycles. The molecule has 0 radical (unpaired) electrons. The molecule has 1 aromatic carbocycles. The molecule has 0 bridgehead atoms. The molecule has 0 amide bonds. The van der Waals surface area contributed by atoms with Crippen LogP contribution in [-0.2, 0) is 6.54 Å². The van der Waals surface area contributed by atoms with Gasteiger partial charge >= 0.3 is 0 Å². The van der Waals surface area contributed by atoms with Gasteiger partial charge in [0, 0.05) is 23.8 Å². The Morgan fingerprint density at radius 3 is 2.36 bits per heavy atom. The first kappa shape index (κ1) is 14.9. The molecular weight excluding hydrogens is 321 g/mol. The van der Waals surface area contributed by atoms with Crippen molar-refractivity contribution < 1.29 is 4.42 Å². The second kappa shape index (κ2) is 6.38. The maximum atomic E-state index is 5.88. The van der Waals surface area contributed by atoms with Crippen molar-refractivity contribution in [1.82, 2.24) is 9.97 Å². The van der Waals surface area contributed by atoms with Gasteiger partial charge in [-0.15, -0.1) is 0 Å². The number of rotatable bonds is 4. The zero-order chi connectivity index (χ0) is 15.5. The molecular formula is C16H13Cl2N3O. The van der Waals surface area contributed by atoms with Crippen LogP contribution in [0.5, 0.6) is 0 Å². The van der Waals surface area contributed by atoms with E-state index in [1.165, 1.54) is 0 Å². The van der Waals surface area contributed by atoms with Crippen LogP contribution in [0.4, 0.5) is 5.82 Å². The third kappa shape index (κ3) is 3.40. The first-order valence-corrected chi connectivity index (χ1v) is 7.41. The van der Waals surface area contributed by atoms with Crippen LogP contribution in [0, 0.1) is 0 Å². The molecule has 0 aliphatic rings. The van der Waals surface area contributed by atoms with Crippen LogP contribution >= 0.6 is 23.2 Å². The number of hydrogen-bond donors (Lipinski definition) is 0. The number of aromatic nitrogens is 2. The molecule has 0 spiro atoms. The summed E-state index contributed by atoms with van der Waals surface area (Å²) in [7, 11) is 1.92. The van der Waals surface area contributed by atoms with Crippen LogP contribution < -0.4 is 4.90 Å². The Labute approximate surface area is 138 Å². The van der Waals surface area contributed by atoms with Gasteiger partial charge in [0.05, 0.1) is 17.8 Å². The van der Waals surface area contributed by atoms with Gasteiger partial charge in [-0.25, -0.2) is 9.97 Å². The van der Waals surface area contributed by atoms with Crippen molar-refractivity contribution in [2.45, 2.75) is 6.54 Å². The summed E-state index contributed by atoms with van der Waals surface area (Å²) in [6, 6.07) is 11.1. The molecule has 3 rings (SSSR count). The highest BCUT2D eigenvalue weighted by Crippen LogP contribution is 2.23. The van der Waals surface area contributed by atoms with Gasteiger partial charge in [0.15, 0.2) is 5.76 Å². The third-order valence-corrected chi connectivity index (χ3v) is 3.63. The molecule has 0 saturated carbocycles. The summed E-state index contributed by atoms with van der Waals surface area (Å²) in [5.74, 6) is 2.13. The van der Waals surface area contributed by atoms with Crippen molar-refractivity contribution in [2.24, 2.45) is 0 Å². The lowest BCUT2D eigenvalue weighted by molar-refractivity contribution is 0.503. The molecule has 0 aliphatic heterocycles. The average molecular weight is 334 g/mol. The number of anilines is 1. The first-order valence-electron chi connectivity index (χ1n) is 6.65. The fraction of sp³-hybridized carbons (Fsp3) is 0.125. The molecule has 112 valence electrons. The normalized spacial score (nSPS) is 10.7. The van der Waals surface area contributed by atoms with E-state index in [-0.39, 0.29) is 0 Å². The highest BCUT2D eigenvalue weighted by molar-refractivity contribution is 6.30. The van der Waals surface area contributed by atoms with Gasteiger partial charge in [-0.05, 0) is 36.4 Å². The Hall–Kier alpha value is -2.04. The van der Waals surface area contributed by atoms with E-state index in [1.807, 2.05) is 42.3 Å². The van der Waals surface area contributed by atoms with Crippen LogP contribution in [0.1, 0.15) is 5.89 Å². The van der Waals surface area contributed by atoms with E-state index in [9.17, 15) is 0 Å². The second-order valence-corrected chi connectivity index (χ2v) is 5.69. The van der Waals surface area contributed by atoms with Gasteiger partial charge in [-0.3, -0.25) is 0 Å². The quantitative estimate of drug-likeness (QED) is 0.695. The zero-order valence-corrected chi connectivity index (χ0v) is 13.3. The smallest absolute Gasteiger partial charge is 0.214 e. The topological polar surface area (TPSA) is 42.2 Å². The van der Waals surface area contributed by atoms with E-state index in [0.717, 1.165) is 11.4 Å². The molecule has 22 heavy (non-hydrogen) atoms. The molecule has 0 atom stereocenters. The molecule has 6 heteroatoms. The van der Waals surface area contributed by atoms with Gasteiger partial charge in [-0.1, -0.05) is 23.2 Å². The Balaban J connectivity index is 1.73. The summed E-state index contributed by atoms with van der Waals surface area (Å²) < 4.78 is 5.78. The van der Waals surface area contributed by atoms with Gasteiger partial charge in [0.25, 0.3) is 0 Å². The lowest BCUT2D eigenvalue weighted by Crippen LogP contribution is -2.17. The van der Waals surface area contributed by atoms with Crippen LogP contribution in [0.25, 0.3) is 11.3 Å². The number of oxazole rings is 1. The molecule has 0 saturated heterocycles. The van der Waals surface area contributed by atoms with Crippen molar-refractivity contribution in [1.29, 1.82) is 0 Å². The van der Waals surface area contributed by atoms with E-state index >= 15 is 0 Å². The summed E-state index contributed by atoms with van der Waals surface area (Å²) in [5.41, 5.74) is 0.940.